The predicted molar refractivity (Wildman–Crippen MR) is 66.7 cm³/mol. The highest BCUT2D eigenvalue weighted by molar-refractivity contribution is 5.88. The number of carbonyl (C=O) groups excluding carboxylic acids is 1. The van der Waals surface area contributed by atoms with Crippen LogP contribution in [-0.4, -0.2) is 6.29 Å². The van der Waals surface area contributed by atoms with Gasteiger partial charge >= 0.3 is 0 Å². The second kappa shape index (κ2) is 4.69. The van der Waals surface area contributed by atoms with Crippen LogP contribution in [0.4, 0.5) is 8.78 Å². The number of benzene rings is 2. The van der Waals surface area contributed by atoms with Crippen molar-refractivity contribution >= 4 is 6.29 Å². The molecule has 0 atom stereocenters. The minimum atomic E-state index is -0.660. The van der Waals surface area contributed by atoms with Gasteiger partial charge in [-0.3, -0.25) is 4.79 Å². The van der Waals surface area contributed by atoms with Crippen molar-refractivity contribution in [3.05, 3.63) is 58.7 Å². The predicted octanol–water partition coefficient (Wildman–Crippen LogP) is 4.06. The molecule has 2 aromatic rings. The van der Waals surface area contributed by atoms with Gasteiger partial charge in [-0.2, -0.15) is 0 Å². The lowest BCUT2D eigenvalue weighted by Gasteiger charge is -2.09. The van der Waals surface area contributed by atoms with Gasteiger partial charge in [-0.05, 0) is 31.0 Å². The molecule has 0 aromatic heterocycles. The second-order valence-corrected chi connectivity index (χ2v) is 4.29. The zero-order valence-electron chi connectivity index (χ0n) is 10.1. The van der Waals surface area contributed by atoms with Gasteiger partial charge in [-0.15, -0.1) is 0 Å². The molecule has 0 aliphatic heterocycles. The normalized spacial score (nSPS) is 10.4. The van der Waals surface area contributed by atoms with Crippen molar-refractivity contribution in [3.8, 4) is 11.1 Å². The molecule has 0 saturated heterocycles. The Bertz CT molecular complexity index is 618. The molecule has 0 heterocycles. The molecule has 0 aliphatic carbocycles. The largest absolute Gasteiger partial charge is 0.298 e. The van der Waals surface area contributed by atoms with Crippen LogP contribution in [0.3, 0.4) is 0 Å². The number of halogens is 2. The molecule has 0 spiro atoms. The molecule has 0 radical (unpaired) electrons. The highest BCUT2D eigenvalue weighted by Crippen LogP contribution is 2.28. The van der Waals surface area contributed by atoms with Crippen LogP contribution in [-0.2, 0) is 0 Å². The highest BCUT2D eigenvalue weighted by Gasteiger charge is 2.12. The Morgan fingerprint density at radius 1 is 0.944 bits per heavy atom. The lowest BCUT2D eigenvalue weighted by Crippen LogP contribution is -1.94. The van der Waals surface area contributed by atoms with Crippen molar-refractivity contribution in [2.45, 2.75) is 13.8 Å². The van der Waals surface area contributed by atoms with Gasteiger partial charge in [-0.25, -0.2) is 8.78 Å². The zero-order chi connectivity index (χ0) is 13.3. The minimum absolute atomic E-state index is 0.250. The summed E-state index contributed by atoms with van der Waals surface area (Å²) in [5.41, 5.74) is 2.40. The Morgan fingerprint density at radius 3 is 2.33 bits per heavy atom. The summed E-state index contributed by atoms with van der Waals surface area (Å²) in [6, 6.07) is 7.41. The van der Waals surface area contributed by atoms with Gasteiger partial charge in [0.15, 0.2) is 6.29 Å². The van der Waals surface area contributed by atoms with Crippen molar-refractivity contribution in [1.82, 2.24) is 0 Å². The molecule has 0 aliphatic rings. The number of carbonyl (C=O) groups is 1. The molecular weight excluding hydrogens is 234 g/mol. The van der Waals surface area contributed by atoms with E-state index in [-0.39, 0.29) is 5.56 Å². The molecule has 0 amide bonds. The van der Waals surface area contributed by atoms with Crippen LogP contribution in [0, 0.1) is 25.5 Å². The van der Waals surface area contributed by atoms with E-state index in [1.165, 1.54) is 6.07 Å². The lowest BCUT2D eigenvalue weighted by molar-refractivity contribution is 0.112. The van der Waals surface area contributed by atoms with E-state index < -0.39 is 11.6 Å². The van der Waals surface area contributed by atoms with E-state index in [4.69, 9.17) is 0 Å². The zero-order valence-corrected chi connectivity index (χ0v) is 10.1. The minimum Gasteiger partial charge on any atom is -0.298 e. The summed E-state index contributed by atoms with van der Waals surface area (Å²) >= 11 is 0. The van der Waals surface area contributed by atoms with Gasteiger partial charge in [0.1, 0.15) is 11.6 Å². The molecule has 18 heavy (non-hydrogen) atoms. The Morgan fingerprint density at radius 2 is 1.67 bits per heavy atom. The highest BCUT2D eigenvalue weighted by atomic mass is 19.1. The maximum atomic E-state index is 13.8. The lowest BCUT2D eigenvalue weighted by atomic mass is 9.96. The molecule has 2 aromatic carbocycles. The average Bonchev–Trinajstić information content (AvgIpc) is 2.34. The topological polar surface area (TPSA) is 17.1 Å². The van der Waals surface area contributed by atoms with Crippen LogP contribution in [0.15, 0.2) is 30.3 Å². The van der Waals surface area contributed by atoms with Crippen molar-refractivity contribution in [2.24, 2.45) is 0 Å². The van der Waals surface area contributed by atoms with E-state index in [0.29, 0.717) is 23.0 Å². The van der Waals surface area contributed by atoms with Gasteiger partial charge in [0.05, 0.1) is 0 Å². The fourth-order valence-corrected chi connectivity index (χ4v) is 1.87. The van der Waals surface area contributed by atoms with Gasteiger partial charge < -0.3 is 0 Å². The van der Waals surface area contributed by atoms with Crippen LogP contribution in [0.5, 0.6) is 0 Å². The summed E-state index contributed by atoms with van der Waals surface area (Å²) in [5.74, 6) is -1.25. The third-order valence-electron chi connectivity index (χ3n) is 2.87. The first-order chi connectivity index (χ1) is 8.52. The van der Waals surface area contributed by atoms with E-state index in [9.17, 15) is 13.6 Å². The van der Waals surface area contributed by atoms with Crippen molar-refractivity contribution in [1.29, 1.82) is 0 Å². The van der Waals surface area contributed by atoms with Crippen molar-refractivity contribution in [2.75, 3.05) is 0 Å². The maximum Gasteiger partial charge on any atom is 0.150 e. The summed E-state index contributed by atoms with van der Waals surface area (Å²) in [4.78, 5) is 11.0. The number of hydrogen-bond acceptors (Lipinski definition) is 1. The molecule has 2 rings (SSSR count). The third-order valence-corrected chi connectivity index (χ3v) is 2.87. The Hall–Kier alpha value is -2.03. The Balaban J connectivity index is 2.72. The smallest absolute Gasteiger partial charge is 0.150 e. The molecule has 0 fully saturated rings. The summed E-state index contributed by atoms with van der Waals surface area (Å²) < 4.78 is 27.0. The molecule has 92 valence electrons. The van der Waals surface area contributed by atoms with E-state index in [2.05, 4.69) is 0 Å². The number of aldehydes is 1. The molecular formula is C15H12F2O. The Kier molecular flexibility index (Phi) is 3.24. The second-order valence-electron chi connectivity index (χ2n) is 4.29. The fourth-order valence-electron chi connectivity index (χ4n) is 1.87. The van der Waals surface area contributed by atoms with E-state index in [1.54, 1.807) is 25.1 Å². The van der Waals surface area contributed by atoms with E-state index in [1.807, 2.05) is 6.92 Å². The monoisotopic (exact) mass is 246 g/mol. The standard InChI is InChI=1S/C15H12F2O/c1-9-3-4-11(8-18)12(5-9)13-6-10(2)14(16)7-15(13)17/h3-8H,1-2H3. The van der Waals surface area contributed by atoms with Gasteiger partial charge in [0, 0.05) is 17.2 Å². The fraction of sp³-hybridized carbons (Fsp3) is 0.133. The Labute approximate surface area is 104 Å². The van der Waals surface area contributed by atoms with Crippen LogP contribution in [0.25, 0.3) is 11.1 Å². The first kappa shape index (κ1) is 12.4. The summed E-state index contributed by atoms with van der Waals surface area (Å²) in [5, 5.41) is 0. The summed E-state index contributed by atoms with van der Waals surface area (Å²) in [6.45, 7) is 3.42. The maximum absolute atomic E-state index is 13.8. The van der Waals surface area contributed by atoms with Crippen molar-refractivity contribution < 1.29 is 13.6 Å². The third kappa shape index (κ3) is 2.16. The van der Waals surface area contributed by atoms with Crippen molar-refractivity contribution in [3.63, 3.8) is 0 Å². The van der Waals surface area contributed by atoms with Crippen LogP contribution in [0.2, 0.25) is 0 Å². The quantitative estimate of drug-likeness (QED) is 0.730. The van der Waals surface area contributed by atoms with E-state index >= 15 is 0 Å². The first-order valence-electron chi connectivity index (χ1n) is 5.55. The molecule has 0 unspecified atom stereocenters. The van der Waals surface area contributed by atoms with Crippen LogP contribution < -0.4 is 0 Å². The molecule has 0 N–H and O–H groups in total. The number of hydrogen-bond donors (Lipinski definition) is 0. The van der Waals surface area contributed by atoms with Crippen LogP contribution >= 0.6 is 0 Å². The average molecular weight is 246 g/mol. The SMILES string of the molecule is Cc1ccc(C=O)c(-c2cc(C)c(F)cc2F)c1. The molecule has 1 nitrogen and oxygen atoms in total. The summed E-state index contributed by atoms with van der Waals surface area (Å²) in [6.07, 6.45) is 0.674. The molecule has 0 bridgehead atoms. The van der Waals surface area contributed by atoms with Gasteiger partial charge in [0.2, 0.25) is 0 Å². The molecule has 0 saturated carbocycles. The van der Waals surface area contributed by atoms with Crippen LogP contribution in [0.1, 0.15) is 21.5 Å². The first-order valence-corrected chi connectivity index (χ1v) is 5.55. The molecule has 3 heteroatoms. The summed E-state index contributed by atoms with van der Waals surface area (Å²) in [7, 11) is 0. The van der Waals surface area contributed by atoms with Gasteiger partial charge in [-0.1, -0.05) is 23.8 Å². The van der Waals surface area contributed by atoms with Gasteiger partial charge in [0.25, 0.3) is 0 Å². The number of aryl methyl sites for hydroxylation is 2. The number of rotatable bonds is 2. The van der Waals surface area contributed by atoms with E-state index in [0.717, 1.165) is 11.6 Å².